The zero-order valence-corrected chi connectivity index (χ0v) is 52.3. The zero-order valence-electron chi connectivity index (χ0n) is 52.3. The number of esters is 4. The SMILES string of the molecule is C=C(C)C(=O)OC(C)(C)CC.C=CC(=O)O.C=Cc1ccc2cc(OCC(=O)OCC(F)(F)C(F)(F)F)ccc2c1.CCC(C)(C)OC(=O)C(C)(C)CC.CCC(C)C(=O)O.CCC(C)c1ccc2cc(OCC(=O)OCC(F)(F)C(F)(F)F)ccc2c1. The quantitative estimate of drug-likeness (QED) is 0.0308. The van der Waals surface area contributed by atoms with Crippen LogP contribution in [0.15, 0.2) is 104 Å². The lowest BCUT2D eigenvalue weighted by Crippen LogP contribution is -2.41. The third-order valence-electron chi connectivity index (χ3n) is 12.9. The minimum absolute atomic E-state index is 0.0955. The summed E-state index contributed by atoms with van der Waals surface area (Å²) in [5.41, 5.74) is 1.50. The first-order valence-corrected chi connectivity index (χ1v) is 27.6. The maximum absolute atomic E-state index is 12.7. The van der Waals surface area contributed by atoms with E-state index < -0.39 is 74.5 Å². The second kappa shape index (κ2) is 37.2. The lowest BCUT2D eigenvalue weighted by Gasteiger charge is -2.29. The Hall–Kier alpha value is -7.66. The van der Waals surface area contributed by atoms with Crippen molar-refractivity contribution in [3.63, 3.8) is 0 Å². The summed E-state index contributed by atoms with van der Waals surface area (Å²) < 4.78 is 151. The highest BCUT2D eigenvalue weighted by molar-refractivity contribution is 5.88. The third-order valence-corrected chi connectivity index (χ3v) is 12.9. The lowest BCUT2D eigenvalue weighted by molar-refractivity contribution is -0.294. The molecular weight excluding hydrogens is 1180 g/mol. The summed E-state index contributed by atoms with van der Waals surface area (Å²) in [6, 6.07) is 21.2. The minimum Gasteiger partial charge on any atom is -0.482 e. The van der Waals surface area contributed by atoms with Gasteiger partial charge in [0.15, 0.2) is 26.4 Å². The summed E-state index contributed by atoms with van der Waals surface area (Å²) in [6.07, 6.45) is -4.86. The minimum atomic E-state index is -5.78. The summed E-state index contributed by atoms with van der Waals surface area (Å²) in [4.78, 5) is 64.5. The second-order valence-corrected chi connectivity index (χ2v) is 21.6. The molecule has 0 radical (unpaired) electrons. The molecule has 0 bridgehead atoms. The molecule has 0 fully saturated rings. The molecule has 4 aromatic rings. The number of aliphatic carboxylic acids is 2. The fourth-order valence-corrected chi connectivity index (χ4v) is 5.40. The predicted octanol–water partition coefficient (Wildman–Crippen LogP) is 16.9. The second-order valence-electron chi connectivity index (χ2n) is 21.6. The fraction of sp³-hybridized carbons (Fsp3) is 0.500. The number of fused-ring (bicyclic) bond motifs is 2. The van der Waals surface area contributed by atoms with Gasteiger partial charge in [-0.25, -0.2) is 19.2 Å². The van der Waals surface area contributed by atoms with Crippen molar-refractivity contribution in [3.05, 3.63) is 115 Å². The average Bonchev–Trinajstić information content (AvgIpc) is 2.95. The van der Waals surface area contributed by atoms with E-state index in [1.165, 1.54) is 11.6 Å². The predicted molar refractivity (Wildman–Crippen MR) is 316 cm³/mol. The van der Waals surface area contributed by atoms with Crippen LogP contribution in [0.3, 0.4) is 0 Å². The summed E-state index contributed by atoms with van der Waals surface area (Å²) in [7, 11) is 0. The Bertz CT molecular complexity index is 2910. The van der Waals surface area contributed by atoms with Crippen molar-refractivity contribution in [1.29, 1.82) is 0 Å². The number of rotatable bonds is 23. The summed E-state index contributed by atoms with van der Waals surface area (Å²) in [5, 5.41) is 19.3. The first-order valence-electron chi connectivity index (χ1n) is 27.6. The van der Waals surface area contributed by atoms with E-state index in [9.17, 15) is 72.7 Å². The Morgan fingerprint density at radius 3 is 1.27 bits per heavy atom. The van der Waals surface area contributed by atoms with Crippen molar-refractivity contribution < 1.29 is 111 Å². The van der Waals surface area contributed by atoms with Crippen LogP contribution in [0.4, 0.5) is 43.9 Å². The molecule has 0 aromatic heterocycles. The van der Waals surface area contributed by atoms with Crippen molar-refractivity contribution in [2.75, 3.05) is 26.4 Å². The fourth-order valence-electron chi connectivity index (χ4n) is 5.40. The van der Waals surface area contributed by atoms with Crippen LogP contribution in [0.1, 0.15) is 146 Å². The summed E-state index contributed by atoms with van der Waals surface area (Å²) in [6.45, 7) is 31.3. The van der Waals surface area contributed by atoms with Gasteiger partial charge in [0.1, 0.15) is 22.7 Å². The number of alkyl halides is 10. The smallest absolute Gasteiger partial charge is 0.456 e. The first-order chi connectivity index (χ1) is 40.2. The number of carboxylic acid groups (broad SMARTS) is 2. The monoisotopic (exact) mass is 1270 g/mol. The van der Waals surface area contributed by atoms with Gasteiger partial charge < -0.3 is 38.6 Å². The topological polar surface area (TPSA) is 198 Å². The number of carbonyl (C=O) groups is 6. The molecule has 0 spiro atoms. The van der Waals surface area contributed by atoms with Crippen molar-refractivity contribution >= 4 is 63.4 Å². The average molecular weight is 1270 g/mol. The van der Waals surface area contributed by atoms with E-state index in [0.717, 1.165) is 65.3 Å². The molecular formula is C64H84F10O14. The van der Waals surface area contributed by atoms with Gasteiger partial charge >= 0.3 is 60.0 Å². The molecule has 0 aliphatic rings. The number of halogens is 10. The van der Waals surface area contributed by atoms with Crippen LogP contribution < -0.4 is 9.47 Å². The maximum atomic E-state index is 12.7. The molecule has 0 saturated heterocycles. The molecule has 2 unspecified atom stereocenters. The Morgan fingerprint density at radius 1 is 0.557 bits per heavy atom. The zero-order chi connectivity index (χ0) is 68.8. The molecule has 0 heterocycles. The number of carboxylic acids is 2. The highest BCUT2D eigenvalue weighted by Gasteiger charge is 2.59. The van der Waals surface area contributed by atoms with Crippen LogP contribution in [0, 0.1) is 11.3 Å². The summed E-state index contributed by atoms with van der Waals surface area (Å²) in [5.74, 6) is -14.2. The molecule has 2 atom stereocenters. The van der Waals surface area contributed by atoms with Gasteiger partial charge in [-0.05, 0) is 149 Å². The van der Waals surface area contributed by atoms with Crippen LogP contribution in [-0.2, 0) is 47.7 Å². The Morgan fingerprint density at radius 2 is 0.943 bits per heavy atom. The Balaban J connectivity index is 0. The van der Waals surface area contributed by atoms with Crippen LogP contribution in [0.2, 0.25) is 0 Å². The standard InChI is InChI=1S/C19H19F5O3.C17H13F5O3.C11H22O2.C9H16O2.C5H10O2.C3H4O2/c1-3-12(2)13-4-5-15-9-16(7-6-14(15)8-13)26-10-17(25)27-11-18(20,21)19(22,23)24;1-2-11-3-4-13-8-14(6-5-12(13)7-11)24-9-15(23)25-10-16(18,19)17(20,21)22;1-7-10(3,4)9(12)13-11(5,6)8-2;1-6-9(4,5)11-8(10)7(2)3;1-3-4(2)5(6)7;1-2-3(4)5/h4-9,12H,3,10-11H2,1-2H3;2-8H,1,9-10H2;7-8H2,1-6H3;2,6H2,1,3-5H3;4H,3H2,1-2H3,(H,6,7);2H,1H2,(H,4,5). The molecule has 0 aliphatic carbocycles. The highest BCUT2D eigenvalue weighted by Crippen LogP contribution is 2.37. The number of hydrogen-bond donors (Lipinski definition) is 2. The van der Waals surface area contributed by atoms with Gasteiger partial charge in [0, 0.05) is 11.6 Å². The van der Waals surface area contributed by atoms with Crippen molar-refractivity contribution in [2.45, 2.75) is 170 Å². The summed E-state index contributed by atoms with van der Waals surface area (Å²) >= 11 is 0. The Kier molecular flexibility index (Phi) is 34.9. The largest absolute Gasteiger partial charge is 0.482 e. The van der Waals surface area contributed by atoms with Crippen LogP contribution in [0.25, 0.3) is 27.6 Å². The van der Waals surface area contributed by atoms with Crippen LogP contribution in [-0.4, -0.2) is 108 Å². The van der Waals surface area contributed by atoms with Gasteiger partial charge in [0.2, 0.25) is 0 Å². The normalized spacial score (nSPS) is 12.2. The van der Waals surface area contributed by atoms with Crippen molar-refractivity contribution in [3.8, 4) is 11.5 Å². The number of hydrogen-bond acceptors (Lipinski definition) is 12. The number of benzene rings is 4. The van der Waals surface area contributed by atoms with E-state index in [2.05, 4.69) is 43.1 Å². The maximum Gasteiger partial charge on any atom is 0.456 e. The Labute approximate surface area is 508 Å². The van der Waals surface area contributed by atoms with E-state index in [-0.39, 0.29) is 46.0 Å². The molecule has 494 valence electrons. The molecule has 14 nitrogen and oxygen atoms in total. The third kappa shape index (κ3) is 31.8. The molecule has 0 aliphatic heterocycles. The van der Waals surface area contributed by atoms with Crippen LogP contribution in [0.5, 0.6) is 11.5 Å². The van der Waals surface area contributed by atoms with E-state index in [4.69, 9.17) is 29.2 Å². The highest BCUT2D eigenvalue weighted by atomic mass is 19.4. The van der Waals surface area contributed by atoms with Crippen molar-refractivity contribution in [1.82, 2.24) is 0 Å². The van der Waals surface area contributed by atoms with E-state index in [1.54, 1.807) is 56.3 Å². The number of ether oxygens (including phenoxy) is 6. The van der Waals surface area contributed by atoms with Gasteiger partial charge in [-0.1, -0.05) is 117 Å². The molecule has 2 N–H and O–H groups in total. The first kappa shape index (κ1) is 82.4. The van der Waals surface area contributed by atoms with Crippen molar-refractivity contribution in [2.24, 2.45) is 11.3 Å². The molecule has 0 amide bonds. The molecule has 4 aromatic carbocycles. The van der Waals surface area contributed by atoms with E-state index >= 15 is 0 Å². The molecule has 24 heteroatoms. The van der Waals surface area contributed by atoms with Crippen LogP contribution >= 0.6 is 0 Å². The molecule has 0 saturated carbocycles. The van der Waals surface area contributed by atoms with Gasteiger partial charge in [-0.2, -0.15) is 43.9 Å². The molecule has 4 rings (SSSR count). The lowest BCUT2D eigenvalue weighted by atomic mass is 9.90. The number of carbonyl (C=O) groups excluding carboxylic acids is 4. The van der Waals surface area contributed by atoms with Gasteiger partial charge in [0.05, 0.1) is 11.3 Å². The molecule has 88 heavy (non-hydrogen) atoms. The van der Waals surface area contributed by atoms with E-state index in [0.29, 0.717) is 11.5 Å². The van der Waals surface area contributed by atoms with Gasteiger partial charge in [0.25, 0.3) is 0 Å². The van der Waals surface area contributed by atoms with Gasteiger partial charge in [-0.3, -0.25) is 9.59 Å². The van der Waals surface area contributed by atoms with Gasteiger partial charge in [-0.15, -0.1) is 0 Å². The van der Waals surface area contributed by atoms with E-state index in [1.807, 2.05) is 99.6 Å².